The predicted octanol–water partition coefficient (Wildman–Crippen LogP) is 2.95. The molecule has 2 aliphatic heterocycles. The predicted molar refractivity (Wildman–Crippen MR) is 81.5 cm³/mol. The summed E-state index contributed by atoms with van der Waals surface area (Å²) in [5.41, 5.74) is 0.603. The lowest BCUT2D eigenvalue weighted by atomic mass is 9.68. The van der Waals surface area contributed by atoms with Gasteiger partial charge in [0.1, 0.15) is 0 Å². The van der Waals surface area contributed by atoms with E-state index in [9.17, 15) is 4.79 Å². The molecule has 3 aliphatic rings. The lowest BCUT2D eigenvalue weighted by Crippen LogP contribution is -2.51. The molecular weight excluding hydrogens is 248 g/mol. The molecule has 1 aliphatic carbocycles. The third-order valence-corrected chi connectivity index (χ3v) is 6.13. The van der Waals surface area contributed by atoms with Gasteiger partial charge in [-0.25, -0.2) is 0 Å². The Hall–Kier alpha value is -0.570. The Morgan fingerprint density at radius 1 is 1.05 bits per heavy atom. The molecule has 3 nitrogen and oxygen atoms in total. The lowest BCUT2D eigenvalue weighted by Gasteiger charge is -2.45. The normalized spacial score (nSPS) is 34.1. The van der Waals surface area contributed by atoms with Crippen LogP contribution in [0, 0.1) is 11.3 Å². The molecule has 3 rings (SSSR count). The average Bonchev–Trinajstić information content (AvgIpc) is 2.49. The van der Waals surface area contributed by atoms with Gasteiger partial charge >= 0.3 is 0 Å². The van der Waals surface area contributed by atoms with Gasteiger partial charge in [-0.15, -0.1) is 0 Å². The fourth-order valence-electron chi connectivity index (χ4n) is 4.62. The van der Waals surface area contributed by atoms with E-state index in [0.29, 0.717) is 17.4 Å². The van der Waals surface area contributed by atoms with Gasteiger partial charge < -0.3 is 10.2 Å². The zero-order chi connectivity index (χ0) is 14.0. The molecule has 1 saturated carbocycles. The van der Waals surface area contributed by atoms with E-state index in [1.165, 1.54) is 44.9 Å². The highest BCUT2D eigenvalue weighted by Gasteiger charge is 2.39. The van der Waals surface area contributed by atoms with E-state index >= 15 is 0 Å². The molecule has 3 heteroatoms. The van der Waals surface area contributed by atoms with Crippen molar-refractivity contribution in [2.24, 2.45) is 11.3 Å². The first-order chi connectivity index (χ1) is 9.70. The van der Waals surface area contributed by atoms with E-state index in [4.69, 9.17) is 0 Å². The molecule has 0 bridgehead atoms. The summed E-state index contributed by atoms with van der Waals surface area (Å²) in [5.74, 6) is 0.652. The molecule has 2 atom stereocenters. The van der Waals surface area contributed by atoms with E-state index in [-0.39, 0.29) is 5.92 Å². The molecule has 20 heavy (non-hydrogen) atoms. The molecule has 2 heterocycles. The van der Waals surface area contributed by atoms with Crippen molar-refractivity contribution < 1.29 is 4.79 Å². The molecule has 114 valence electrons. The van der Waals surface area contributed by atoms with Gasteiger partial charge in [0.15, 0.2) is 0 Å². The van der Waals surface area contributed by atoms with Crippen molar-refractivity contribution >= 4 is 5.91 Å². The highest BCUT2D eigenvalue weighted by atomic mass is 16.2. The molecular formula is C17H30N2O. The number of hydrogen-bond acceptors (Lipinski definition) is 2. The van der Waals surface area contributed by atoms with Crippen LogP contribution in [0.4, 0.5) is 0 Å². The van der Waals surface area contributed by atoms with Gasteiger partial charge in [0.25, 0.3) is 0 Å². The number of hydrogen-bond donors (Lipinski definition) is 1. The molecule has 0 aromatic heterocycles. The van der Waals surface area contributed by atoms with Gasteiger partial charge in [0.2, 0.25) is 5.91 Å². The van der Waals surface area contributed by atoms with Crippen molar-refractivity contribution in [3.8, 4) is 0 Å². The largest absolute Gasteiger partial charge is 0.342 e. The first-order valence-corrected chi connectivity index (χ1v) is 8.72. The van der Waals surface area contributed by atoms with Gasteiger partial charge in [-0.3, -0.25) is 4.79 Å². The molecule has 3 fully saturated rings. The van der Waals surface area contributed by atoms with Crippen LogP contribution in [0.5, 0.6) is 0 Å². The van der Waals surface area contributed by atoms with Crippen LogP contribution >= 0.6 is 0 Å². The van der Waals surface area contributed by atoms with Gasteiger partial charge in [-0.1, -0.05) is 19.3 Å². The number of carbonyl (C=O) groups excluding carboxylic acids is 1. The first-order valence-electron chi connectivity index (χ1n) is 8.72. The zero-order valence-corrected chi connectivity index (χ0v) is 13.0. The quantitative estimate of drug-likeness (QED) is 0.800. The number of likely N-dealkylation sites (tertiary alicyclic amines) is 1. The summed E-state index contributed by atoms with van der Waals surface area (Å²) in [7, 11) is 0. The maximum Gasteiger partial charge on any atom is 0.227 e. The number of amides is 1. The lowest BCUT2D eigenvalue weighted by molar-refractivity contribution is -0.140. The number of piperidine rings is 2. The summed E-state index contributed by atoms with van der Waals surface area (Å²) in [4.78, 5) is 14.9. The summed E-state index contributed by atoms with van der Waals surface area (Å²) < 4.78 is 0. The Bertz CT molecular complexity index is 339. The second-order valence-corrected chi connectivity index (χ2v) is 7.38. The summed E-state index contributed by atoms with van der Waals surface area (Å²) in [5, 5.41) is 3.46. The van der Waals surface area contributed by atoms with E-state index in [2.05, 4.69) is 17.1 Å². The van der Waals surface area contributed by atoms with Crippen LogP contribution in [-0.4, -0.2) is 36.5 Å². The van der Waals surface area contributed by atoms with Crippen molar-refractivity contribution in [1.29, 1.82) is 0 Å². The van der Waals surface area contributed by atoms with Crippen LogP contribution in [0.1, 0.15) is 64.7 Å². The number of nitrogens with one attached hydrogen (secondary N) is 1. The fourth-order valence-corrected chi connectivity index (χ4v) is 4.62. The van der Waals surface area contributed by atoms with E-state index < -0.39 is 0 Å². The smallest absolute Gasteiger partial charge is 0.227 e. The first kappa shape index (κ1) is 14.4. The monoisotopic (exact) mass is 278 g/mol. The van der Waals surface area contributed by atoms with Crippen molar-refractivity contribution in [3.05, 3.63) is 0 Å². The Morgan fingerprint density at radius 3 is 2.40 bits per heavy atom. The molecule has 1 amide bonds. The van der Waals surface area contributed by atoms with Crippen LogP contribution in [0.15, 0.2) is 0 Å². The van der Waals surface area contributed by atoms with Crippen LogP contribution in [0.2, 0.25) is 0 Å². The van der Waals surface area contributed by atoms with Crippen LogP contribution < -0.4 is 5.32 Å². The third kappa shape index (κ3) is 2.88. The minimum absolute atomic E-state index is 0.226. The van der Waals surface area contributed by atoms with Gasteiger partial charge in [0.05, 0.1) is 5.92 Å². The molecule has 1 spiro atoms. The Balaban J connectivity index is 1.55. The zero-order valence-electron chi connectivity index (χ0n) is 13.0. The summed E-state index contributed by atoms with van der Waals surface area (Å²) >= 11 is 0. The van der Waals surface area contributed by atoms with Crippen molar-refractivity contribution in [2.45, 2.75) is 70.8 Å². The second-order valence-electron chi connectivity index (χ2n) is 7.38. The fraction of sp³-hybridized carbons (Fsp3) is 0.941. The van der Waals surface area contributed by atoms with Crippen molar-refractivity contribution in [2.75, 3.05) is 19.6 Å². The van der Waals surface area contributed by atoms with E-state index in [1.54, 1.807) is 0 Å². The number of carbonyl (C=O) groups is 1. The summed E-state index contributed by atoms with van der Waals surface area (Å²) in [6.45, 7) is 5.28. The highest BCUT2D eigenvalue weighted by molar-refractivity contribution is 5.79. The maximum absolute atomic E-state index is 12.7. The topological polar surface area (TPSA) is 32.3 Å². The average molecular weight is 278 g/mol. The van der Waals surface area contributed by atoms with Gasteiger partial charge in [0, 0.05) is 19.1 Å². The van der Waals surface area contributed by atoms with Gasteiger partial charge in [-0.05, 0) is 57.4 Å². The molecule has 1 N–H and O–H groups in total. The van der Waals surface area contributed by atoms with Gasteiger partial charge in [-0.2, -0.15) is 0 Å². The molecule has 0 radical (unpaired) electrons. The minimum atomic E-state index is 0.226. The molecule has 0 aromatic carbocycles. The van der Waals surface area contributed by atoms with E-state index in [1.807, 2.05) is 0 Å². The third-order valence-electron chi connectivity index (χ3n) is 6.13. The Morgan fingerprint density at radius 2 is 1.75 bits per heavy atom. The van der Waals surface area contributed by atoms with E-state index in [0.717, 1.165) is 32.5 Å². The Kier molecular flexibility index (Phi) is 4.34. The van der Waals surface area contributed by atoms with Crippen LogP contribution in [0.3, 0.4) is 0 Å². The SMILES string of the molecule is CC1NCCCC1C(=O)N1CCC2(CCCCC2)CC1. The number of rotatable bonds is 1. The minimum Gasteiger partial charge on any atom is -0.342 e. The standard InChI is InChI=1S/C17H30N2O/c1-14-15(6-5-11-18-14)16(20)19-12-9-17(10-13-19)7-3-2-4-8-17/h14-15,18H,2-13H2,1H3. The Labute approximate surface area is 123 Å². The van der Waals surface area contributed by atoms with Crippen molar-refractivity contribution in [1.82, 2.24) is 10.2 Å². The summed E-state index contributed by atoms with van der Waals surface area (Å²) in [6, 6.07) is 0.363. The highest BCUT2D eigenvalue weighted by Crippen LogP contribution is 2.44. The maximum atomic E-state index is 12.7. The van der Waals surface area contributed by atoms with Crippen LogP contribution in [-0.2, 0) is 4.79 Å². The molecule has 2 saturated heterocycles. The van der Waals surface area contributed by atoms with Crippen molar-refractivity contribution in [3.63, 3.8) is 0 Å². The van der Waals surface area contributed by atoms with Crippen LogP contribution in [0.25, 0.3) is 0 Å². The molecule has 2 unspecified atom stereocenters. The number of nitrogens with zero attached hydrogens (tertiary/aromatic N) is 1. The second kappa shape index (κ2) is 6.05. The molecule has 0 aromatic rings. The summed E-state index contributed by atoms with van der Waals surface area (Å²) in [6.07, 6.45) is 11.8.